The summed E-state index contributed by atoms with van der Waals surface area (Å²) in [5.41, 5.74) is 0.371. The number of hydrogen-bond acceptors (Lipinski definition) is 5. The summed E-state index contributed by atoms with van der Waals surface area (Å²) < 4.78 is 4.97. The van der Waals surface area contributed by atoms with Crippen LogP contribution >= 0.6 is 34.3 Å². The molecule has 0 aliphatic rings. The highest BCUT2D eigenvalue weighted by molar-refractivity contribution is 7.17. The van der Waals surface area contributed by atoms with Gasteiger partial charge in [-0.15, -0.1) is 22.7 Å². The van der Waals surface area contributed by atoms with Crippen LogP contribution in [0.15, 0.2) is 17.5 Å². The van der Waals surface area contributed by atoms with Crippen LogP contribution in [0.5, 0.6) is 0 Å². The number of halogens is 1. The minimum atomic E-state index is -0.440. The number of anilines is 1. The molecule has 0 atom stereocenters. The summed E-state index contributed by atoms with van der Waals surface area (Å²) in [7, 11) is 0. The van der Waals surface area contributed by atoms with E-state index in [9.17, 15) is 9.59 Å². The van der Waals surface area contributed by atoms with Gasteiger partial charge in [0.25, 0.3) is 5.91 Å². The summed E-state index contributed by atoms with van der Waals surface area (Å²) in [5.74, 6) is -0.762. The second kappa shape index (κ2) is 6.39. The SMILES string of the molecule is CCOC(=O)c1cc(C)sc1NC(=O)c1sccc1Cl. The number of nitrogens with one attached hydrogen (secondary N) is 1. The average Bonchev–Trinajstić information content (AvgIpc) is 2.96. The lowest BCUT2D eigenvalue weighted by atomic mass is 10.3. The number of aryl methyl sites for hydroxylation is 1. The van der Waals surface area contributed by atoms with Gasteiger partial charge in [0.15, 0.2) is 0 Å². The minimum Gasteiger partial charge on any atom is -0.462 e. The van der Waals surface area contributed by atoms with Crippen molar-refractivity contribution < 1.29 is 14.3 Å². The van der Waals surface area contributed by atoms with Crippen LogP contribution in [-0.4, -0.2) is 18.5 Å². The Kier molecular flexibility index (Phi) is 4.80. The van der Waals surface area contributed by atoms with E-state index in [-0.39, 0.29) is 12.5 Å². The van der Waals surface area contributed by atoms with Crippen LogP contribution in [0, 0.1) is 6.92 Å². The molecule has 0 radical (unpaired) electrons. The maximum absolute atomic E-state index is 12.1. The molecule has 106 valence electrons. The van der Waals surface area contributed by atoms with Crippen molar-refractivity contribution in [2.45, 2.75) is 13.8 Å². The van der Waals surface area contributed by atoms with E-state index in [0.29, 0.717) is 20.5 Å². The molecule has 0 unspecified atom stereocenters. The third-order valence-electron chi connectivity index (χ3n) is 2.40. The molecule has 7 heteroatoms. The van der Waals surface area contributed by atoms with Crippen molar-refractivity contribution in [3.8, 4) is 0 Å². The first-order valence-corrected chi connectivity index (χ1v) is 7.92. The van der Waals surface area contributed by atoms with Gasteiger partial charge in [0.2, 0.25) is 0 Å². The van der Waals surface area contributed by atoms with Crippen LogP contribution in [0.25, 0.3) is 0 Å². The molecule has 0 aliphatic heterocycles. The van der Waals surface area contributed by atoms with Crippen LogP contribution in [0.3, 0.4) is 0 Å². The number of ether oxygens (including phenoxy) is 1. The smallest absolute Gasteiger partial charge is 0.341 e. The molecule has 2 aromatic rings. The molecule has 0 bridgehead atoms. The van der Waals surface area contributed by atoms with E-state index < -0.39 is 5.97 Å². The molecule has 2 aromatic heterocycles. The summed E-state index contributed by atoms with van der Waals surface area (Å²) in [6.07, 6.45) is 0. The predicted octanol–water partition coefficient (Wildman–Crippen LogP) is 4.20. The Morgan fingerprint density at radius 3 is 2.80 bits per heavy atom. The molecule has 4 nitrogen and oxygen atoms in total. The molecule has 0 aromatic carbocycles. The Bertz CT molecular complexity index is 648. The van der Waals surface area contributed by atoms with Crippen molar-refractivity contribution in [1.82, 2.24) is 0 Å². The van der Waals surface area contributed by atoms with Crippen molar-refractivity contribution in [2.75, 3.05) is 11.9 Å². The summed E-state index contributed by atoms with van der Waals surface area (Å²) in [6, 6.07) is 3.36. The zero-order valence-electron chi connectivity index (χ0n) is 10.9. The molecule has 1 N–H and O–H groups in total. The van der Waals surface area contributed by atoms with Gasteiger partial charge >= 0.3 is 5.97 Å². The Morgan fingerprint density at radius 1 is 1.45 bits per heavy atom. The van der Waals surface area contributed by atoms with Gasteiger partial charge in [-0.3, -0.25) is 4.79 Å². The quantitative estimate of drug-likeness (QED) is 0.855. The number of carbonyl (C=O) groups is 2. The number of rotatable bonds is 4. The van der Waals surface area contributed by atoms with E-state index in [4.69, 9.17) is 16.3 Å². The van der Waals surface area contributed by atoms with Gasteiger partial charge in [0, 0.05) is 4.88 Å². The molecule has 2 heterocycles. The highest BCUT2D eigenvalue weighted by Gasteiger charge is 2.20. The molecule has 0 saturated carbocycles. The van der Waals surface area contributed by atoms with Crippen molar-refractivity contribution in [3.63, 3.8) is 0 Å². The normalized spacial score (nSPS) is 10.3. The highest BCUT2D eigenvalue weighted by Crippen LogP contribution is 2.30. The third-order valence-corrected chi connectivity index (χ3v) is 4.71. The molecule has 2 rings (SSSR count). The van der Waals surface area contributed by atoms with Gasteiger partial charge in [0.1, 0.15) is 9.88 Å². The highest BCUT2D eigenvalue weighted by atomic mass is 35.5. The lowest BCUT2D eigenvalue weighted by Gasteiger charge is -2.05. The number of hydrogen-bond donors (Lipinski definition) is 1. The van der Waals surface area contributed by atoms with E-state index >= 15 is 0 Å². The van der Waals surface area contributed by atoms with Gasteiger partial charge in [0.05, 0.1) is 17.2 Å². The van der Waals surface area contributed by atoms with E-state index in [1.54, 1.807) is 24.4 Å². The molecule has 20 heavy (non-hydrogen) atoms. The summed E-state index contributed by atoms with van der Waals surface area (Å²) in [6.45, 7) is 3.89. The fourth-order valence-electron chi connectivity index (χ4n) is 1.58. The fourth-order valence-corrected chi connectivity index (χ4v) is 3.51. The number of amides is 1. The van der Waals surface area contributed by atoms with Gasteiger partial charge in [-0.25, -0.2) is 4.79 Å². The molecular formula is C13H12ClNO3S2. The van der Waals surface area contributed by atoms with Crippen molar-refractivity contribution in [3.05, 3.63) is 37.9 Å². The summed E-state index contributed by atoms with van der Waals surface area (Å²) in [5, 5.41) is 5.34. The Hall–Kier alpha value is -1.37. The Labute approximate surface area is 129 Å². The minimum absolute atomic E-state index is 0.290. The van der Waals surface area contributed by atoms with Crippen molar-refractivity contribution in [1.29, 1.82) is 0 Å². The molecule has 0 spiro atoms. The van der Waals surface area contributed by atoms with Crippen molar-refractivity contribution >= 4 is 51.2 Å². The van der Waals surface area contributed by atoms with E-state index in [1.165, 1.54) is 22.7 Å². The summed E-state index contributed by atoms with van der Waals surface area (Å²) in [4.78, 5) is 25.3. The molecule has 1 amide bonds. The second-order valence-corrected chi connectivity index (χ2v) is 6.45. The van der Waals surface area contributed by atoms with Crippen LogP contribution in [0.1, 0.15) is 31.8 Å². The molecule has 0 saturated heterocycles. The van der Waals surface area contributed by atoms with Crippen LogP contribution in [0.2, 0.25) is 5.02 Å². The molecule has 0 fully saturated rings. The van der Waals surface area contributed by atoms with Crippen LogP contribution < -0.4 is 5.32 Å². The Balaban J connectivity index is 2.23. The monoisotopic (exact) mass is 329 g/mol. The number of thiophene rings is 2. The standard InChI is InChI=1S/C13H12ClNO3S2/c1-3-18-13(17)8-6-7(2)20-12(8)15-11(16)10-9(14)4-5-19-10/h4-6H,3H2,1-2H3,(H,15,16). The first-order chi connectivity index (χ1) is 9.52. The van der Waals surface area contributed by atoms with E-state index in [1.807, 2.05) is 6.92 Å². The zero-order chi connectivity index (χ0) is 14.7. The van der Waals surface area contributed by atoms with E-state index in [2.05, 4.69) is 5.32 Å². The maximum Gasteiger partial charge on any atom is 0.341 e. The lowest BCUT2D eigenvalue weighted by Crippen LogP contribution is -2.13. The van der Waals surface area contributed by atoms with Gasteiger partial charge < -0.3 is 10.1 Å². The fraction of sp³-hybridized carbons (Fsp3) is 0.231. The largest absolute Gasteiger partial charge is 0.462 e. The maximum atomic E-state index is 12.1. The first-order valence-electron chi connectivity index (χ1n) is 5.84. The Morgan fingerprint density at radius 2 is 2.20 bits per heavy atom. The average molecular weight is 330 g/mol. The molecule has 0 aliphatic carbocycles. The van der Waals surface area contributed by atoms with Crippen LogP contribution in [0.4, 0.5) is 5.00 Å². The van der Waals surface area contributed by atoms with E-state index in [0.717, 1.165) is 4.88 Å². The predicted molar refractivity (Wildman–Crippen MR) is 82.3 cm³/mol. The second-order valence-electron chi connectivity index (χ2n) is 3.87. The lowest BCUT2D eigenvalue weighted by molar-refractivity contribution is 0.0528. The number of carbonyl (C=O) groups excluding carboxylic acids is 2. The topological polar surface area (TPSA) is 55.4 Å². The van der Waals surface area contributed by atoms with Crippen molar-refractivity contribution in [2.24, 2.45) is 0 Å². The first kappa shape index (κ1) is 15.0. The third kappa shape index (κ3) is 3.20. The van der Waals surface area contributed by atoms with Gasteiger partial charge in [-0.1, -0.05) is 11.6 Å². The molecular weight excluding hydrogens is 318 g/mol. The zero-order valence-corrected chi connectivity index (χ0v) is 13.2. The van der Waals surface area contributed by atoms with Gasteiger partial charge in [-0.2, -0.15) is 0 Å². The number of esters is 1. The van der Waals surface area contributed by atoms with Gasteiger partial charge in [-0.05, 0) is 31.4 Å². The summed E-state index contributed by atoms with van der Waals surface area (Å²) >= 11 is 8.50. The van der Waals surface area contributed by atoms with Crippen LogP contribution in [-0.2, 0) is 4.74 Å².